The zero-order valence-corrected chi connectivity index (χ0v) is 32.2. The Hall–Kier alpha value is -7.40. The van der Waals surface area contributed by atoms with Gasteiger partial charge < -0.3 is 13.9 Å². The molecule has 0 spiro atoms. The molecule has 12 aromatic rings. The van der Waals surface area contributed by atoms with E-state index in [0.29, 0.717) is 0 Å². The molecule has 0 atom stereocenters. The van der Waals surface area contributed by atoms with Crippen LogP contribution >= 0.6 is 11.3 Å². The summed E-state index contributed by atoms with van der Waals surface area (Å²) in [5, 5.41) is 7.26. The molecule has 0 aliphatic heterocycles. The second-order valence-corrected chi connectivity index (χ2v) is 15.9. The van der Waals surface area contributed by atoms with Gasteiger partial charge >= 0.3 is 0 Å². The lowest BCUT2D eigenvalue weighted by atomic mass is 9.97. The molecule has 12 rings (SSSR count). The molecule has 9 aromatic carbocycles. The average molecular weight is 759 g/mol. The number of rotatable bonds is 6. The van der Waals surface area contributed by atoms with Crippen LogP contribution in [0.1, 0.15) is 0 Å². The number of furan rings is 1. The molecule has 0 saturated carbocycles. The van der Waals surface area contributed by atoms with Crippen molar-refractivity contribution in [2.24, 2.45) is 0 Å². The Labute approximate surface area is 338 Å². The highest BCUT2D eigenvalue weighted by atomic mass is 32.1. The van der Waals surface area contributed by atoms with Gasteiger partial charge in [-0.2, -0.15) is 0 Å². The number of thiophene rings is 1. The molecular formula is C54H34N2OS. The van der Waals surface area contributed by atoms with E-state index in [0.717, 1.165) is 61.4 Å². The molecule has 3 nitrogen and oxygen atoms in total. The minimum absolute atomic E-state index is 0.862. The molecule has 0 fully saturated rings. The van der Waals surface area contributed by atoms with Crippen molar-refractivity contribution >= 4 is 92.3 Å². The predicted octanol–water partition coefficient (Wildman–Crippen LogP) is 15.9. The van der Waals surface area contributed by atoms with Crippen LogP contribution in [0.25, 0.3) is 91.9 Å². The molecule has 272 valence electrons. The van der Waals surface area contributed by atoms with Crippen molar-refractivity contribution in [2.45, 2.75) is 0 Å². The number of hydrogen-bond acceptors (Lipinski definition) is 3. The number of anilines is 3. The van der Waals surface area contributed by atoms with E-state index in [1.165, 1.54) is 47.5 Å². The fourth-order valence-corrected chi connectivity index (χ4v) is 10.2. The molecule has 0 amide bonds. The Morgan fingerprint density at radius 1 is 0.414 bits per heavy atom. The molecule has 0 saturated heterocycles. The second-order valence-electron chi connectivity index (χ2n) is 14.9. The smallest absolute Gasteiger partial charge is 0.145 e. The van der Waals surface area contributed by atoms with Crippen molar-refractivity contribution in [3.63, 3.8) is 0 Å². The highest BCUT2D eigenvalue weighted by Crippen LogP contribution is 2.49. The topological polar surface area (TPSA) is 21.3 Å². The third-order valence-electron chi connectivity index (χ3n) is 11.6. The number of nitrogens with zero attached hydrogens (tertiary/aromatic N) is 2. The van der Waals surface area contributed by atoms with E-state index < -0.39 is 0 Å². The van der Waals surface area contributed by atoms with Crippen LogP contribution in [0.15, 0.2) is 211 Å². The third-order valence-corrected chi connectivity index (χ3v) is 12.7. The first-order valence-corrected chi connectivity index (χ1v) is 20.5. The van der Waals surface area contributed by atoms with Crippen LogP contribution in [-0.2, 0) is 0 Å². The summed E-state index contributed by atoms with van der Waals surface area (Å²) in [4.78, 5) is 2.41. The van der Waals surface area contributed by atoms with Crippen LogP contribution in [0.2, 0.25) is 0 Å². The van der Waals surface area contributed by atoms with Gasteiger partial charge in [-0.15, -0.1) is 11.3 Å². The summed E-state index contributed by atoms with van der Waals surface area (Å²) in [6.45, 7) is 0. The van der Waals surface area contributed by atoms with Crippen LogP contribution in [0.5, 0.6) is 0 Å². The Morgan fingerprint density at radius 3 is 1.90 bits per heavy atom. The van der Waals surface area contributed by atoms with Gasteiger partial charge in [-0.3, -0.25) is 0 Å². The fourth-order valence-electron chi connectivity index (χ4n) is 9.03. The molecule has 3 heterocycles. The van der Waals surface area contributed by atoms with E-state index in [1.54, 1.807) is 0 Å². The normalized spacial score (nSPS) is 11.8. The van der Waals surface area contributed by atoms with E-state index >= 15 is 0 Å². The number of fused-ring (bicyclic) bond motifs is 9. The van der Waals surface area contributed by atoms with Crippen LogP contribution in [0.4, 0.5) is 17.1 Å². The molecule has 0 radical (unpaired) electrons. The summed E-state index contributed by atoms with van der Waals surface area (Å²) in [6.07, 6.45) is 0. The Morgan fingerprint density at radius 2 is 1.07 bits per heavy atom. The Balaban J connectivity index is 1.08. The summed E-state index contributed by atoms with van der Waals surface area (Å²) in [7, 11) is 0. The summed E-state index contributed by atoms with van der Waals surface area (Å²) in [6, 6.07) is 74.3. The number of para-hydroxylation sites is 5. The third kappa shape index (κ3) is 5.05. The average Bonchev–Trinajstić information content (AvgIpc) is 3.97. The summed E-state index contributed by atoms with van der Waals surface area (Å²) in [5.74, 6) is 0. The quantitative estimate of drug-likeness (QED) is 0.168. The van der Waals surface area contributed by atoms with Gasteiger partial charge in [0, 0.05) is 58.8 Å². The van der Waals surface area contributed by atoms with Gasteiger partial charge in [-0.1, -0.05) is 133 Å². The molecule has 3 aromatic heterocycles. The first-order chi connectivity index (χ1) is 28.8. The maximum atomic E-state index is 6.93. The molecule has 0 aliphatic carbocycles. The van der Waals surface area contributed by atoms with Gasteiger partial charge in [0.05, 0.1) is 27.8 Å². The van der Waals surface area contributed by atoms with Gasteiger partial charge in [0.25, 0.3) is 0 Å². The van der Waals surface area contributed by atoms with E-state index in [9.17, 15) is 0 Å². The molecule has 0 unspecified atom stereocenters. The maximum absolute atomic E-state index is 6.93. The van der Waals surface area contributed by atoms with E-state index in [4.69, 9.17) is 4.42 Å². The standard InChI is InChI=1S/C54H34N2OS/c1-2-16-37(17-3-1)55(46-24-9-4-19-39(46)36-29-30-44-43-22-8-13-28-51(43)58-52(44)34-36)49-32-31-40(54-53(49)45-23-7-12-27-50(45)57-54)35-15-14-18-38(33-35)56-47-25-10-5-20-41(47)42-21-6-11-26-48(42)56/h1-34H. The highest BCUT2D eigenvalue weighted by Gasteiger charge is 2.24. The molecule has 0 aliphatic rings. The number of aromatic nitrogens is 1. The van der Waals surface area contributed by atoms with Crippen molar-refractivity contribution in [1.82, 2.24) is 4.57 Å². The predicted molar refractivity (Wildman–Crippen MR) is 247 cm³/mol. The molecule has 0 bridgehead atoms. The fraction of sp³-hybridized carbons (Fsp3) is 0. The maximum Gasteiger partial charge on any atom is 0.145 e. The minimum atomic E-state index is 0.862. The molecule has 0 N–H and O–H groups in total. The lowest BCUT2D eigenvalue weighted by Gasteiger charge is -2.29. The van der Waals surface area contributed by atoms with E-state index in [2.05, 4.69) is 216 Å². The first kappa shape index (κ1) is 32.8. The van der Waals surface area contributed by atoms with Gasteiger partial charge in [-0.25, -0.2) is 0 Å². The van der Waals surface area contributed by atoms with Crippen molar-refractivity contribution < 1.29 is 4.42 Å². The first-order valence-electron chi connectivity index (χ1n) is 19.7. The van der Waals surface area contributed by atoms with Gasteiger partial charge in [0.15, 0.2) is 0 Å². The monoisotopic (exact) mass is 758 g/mol. The van der Waals surface area contributed by atoms with Crippen LogP contribution < -0.4 is 4.90 Å². The van der Waals surface area contributed by atoms with Crippen LogP contribution in [0.3, 0.4) is 0 Å². The van der Waals surface area contributed by atoms with Crippen LogP contribution in [0, 0.1) is 0 Å². The van der Waals surface area contributed by atoms with Gasteiger partial charge in [-0.05, 0) is 83.9 Å². The largest absolute Gasteiger partial charge is 0.455 e. The van der Waals surface area contributed by atoms with Crippen LogP contribution in [-0.4, -0.2) is 4.57 Å². The second kappa shape index (κ2) is 13.1. The Bertz CT molecular complexity index is 3480. The number of hydrogen-bond donors (Lipinski definition) is 0. The van der Waals surface area contributed by atoms with E-state index in [-0.39, 0.29) is 0 Å². The zero-order chi connectivity index (χ0) is 38.2. The van der Waals surface area contributed by atoms with Gasteiger partial charge in [0.2, 0.25) is 0 Å². The van der Waals surface area contributed by atoms with E-state index in [1.807, 2.05) is 11.3 Å². The summed E-state index contributed by atoms with van der Waals surface area (Å²) < 4.78 is 11.9. The summed E-state index contributed by atoms with van der Waals surface area (Å²) >= 11 is 1.85. The lowest BCUT2D eigenvalue weighted by molar-refractivity contribution is 0.670. The SMILES string of the molecule is c1ccc(N(c2ccccc2-c2ccc3c(c2)sc2ccccc23)c2ccc(-c3cccc(-n4c5ccccc5c5ccccc54)c3)c3oc4ccccc4c23)cc1. The van der Waals surface area contributed by atoms with Crippen molar-refractivity contribution in [2.75, 3.05) is 4.90 Å². The lowest BCUT2D eigenvalue weighted by Crippen LogP contribution is -2.11. The number of benzene rings is 9. The van der Waals surface area contributed by atoms with Crippen molar-refractivity contribution in [3.05, 3.63) is 206 Å². The van der Waals surface area contributed by atoms with Crippen molar-refractivity contribution in [3.8, 4) is 27.9 Å². The van der Waals surface area contributed by atoms with Crippen molar-refractivity contribution in [1.29, 1.82) is 0 Å². The summed E-state index contributed by atoms with van der Waals surface area (Å²) in [5.41, 5.74) is 12.9. The highest BCUT2D eigenvalue weighted by molar-refractivity contribution is 7.25. The molecule has 58 heavy (non-hydrogen) atoms. The minimum Gasteiger partial charge on any atom is -0.455 e. The molecule has 4 heteroatoms. The zero-order valence-electron chi connectivity index (χ0n) is 31.3. The molecular weight excluding hydrogens is 725 g/mol. The Kier molecular flexibility index (Phi) is 7.40. The van der Waals surface area contributed by atoms with Gasteiger partial charge in [0.1, 0.15) is 11.2 Å².